The number of imidazole rings is 1. The van der Waals surface area contributed by atoms with Crippen molar-refractivity contribution in [3.63, 3.8) is 0 Å². The molecule has 0 fully saturated rings. The van der Waals surface area contributed by atoms with Crippen molar-refractivity contribution in [2.45, 2.75) is 19.5 Å². The van der Waals surface area contributed by atoms with Crippen molar-refractivity contribution in [1.82, 2.24) is 24.6 Å². The first kappa shape index (κ1) is 13.7. The van der Waals surface area contributed by atoms with Gasteiger partial charge in [0.05, 0.1) is 6.20 Å². The molecule has 2 rings (SSSR count). The van der Waals surface area contributed by atoms with Crippen molar-refractivity contribution in [3.05, 3.63) is 40.6 Å². The van der Waals surface area contributed by atoms with Crippen LogP contribution in [0.3, 0.4) is 0 Å². The van der Waals surface area contributed by atoms with E-state index in [4.69, 9.17) is 0 Å². The van der Waals surface area contributed by atoms with Gasteiger partial charge in [-0.15, -0.1) is 0 Å². The van der Waals surface area contributed by atoms with Gasteiger partial charge < -0.3 is 19.6 Å². The number of aromatic nitrogens is 4. The lowest BCUT2D eigenvalue weighted by molar-refractivity contribution is -0.389. The van der Waals surface area contributed by atoms with Gasteiger partial charge in [-0.2, -0.15) is 5.10 Å². The summed E-state index contributed by atoms with van der Waals surface area (Å²) in [5, 5.41) is 17.0. The number of carbonyl (C=O) groups excluding carboxylic acids is 1. The molecule has 0 unspecified atom stereocenters. The zero-order valence-electron chi connectivity index (χ0n) is 10.9. The molecule has 0 saturated heterocycles. The molecule has 20 heavy (non-hydrogen) atoms. The van der Waals surface area contributed by atoms with Crippen molar-refractivity contribution in [2.75, 3.05) is 7.05 Å². The van der Waals surface area contributed by atoms with E-state index in [1.165, 1.54) is 17.1 Å². The highest BCUT2D eigenvalue weighted by molar-refractivity contribution is 5.75. The number of carbonyl (C=O) groups is 1. The van der Waals surface area contributed by atoms with Crippen LogP contribution < -0.4 is 0 Å². The summed E-state index contributed by atoms with van der Waals surface area (Å²) in [6.45, 7) is 0.828. The van der Waals surface area contributed by atoms with Gasteiger partial charge in [0.2, 0.25) is 12.2 Å². The molecule has 1 N–H and O–H groups in total. The minimum atomic E-state index is -0.566. The fourth-order valence-corrected chi connectivity index (χ4v) is 1.71. The Bertz CT molecular complexity index is 591. The van der Waals surface area contributed by atoms with E-state index >= 15 is 0 Å². The maximum absolute atomic E-state index is 11.9. The topological polar surface area (TPSA) is 110 Å². The third-order valence-electron chi connectivity index (χ3n) is 2.79. The van der Waals surface area contributed by atoms with E-state index in [0.717, 1.165) is 5.56 Å². The van der Waals surface area contributed by atoms with Crippen molar-refractivity contribution in [1.29, 1.82) is 0 Å². The van der Waals surface area contributed by atoms with Crippen LogP contribution >= 0.6 is 0 Å². The summed E-state index contributed by atoms with van der Waals surface area (Å²) in [6, 6.07) is 0. The van der Waals surface area contributed by atoms with Gasteiger partial charge in [-0.3, -0.25) is 9.89 Å². The minimum Gasteiger partial charge on any atom is -0.358 e. The van der Waals surface area contributed by atoms with E-state index in [0.29, 0.717) is 13.1 Å². The lowest BCUT2D eigenvalue weighted by atomic mass is 10.3. The van der Waals surface area contributed by atoms with Gasteiger partial charge in [-0.05, 0) is 9.91 Å². The largest absolute Gasteiger partial charge is 0.381 e. The van der Waals surface area contributed by atoms with Crippen LogP contribution in [0.4, 0.5) is 5.82 Å². The highest BCUT2D eigenvalue weighted by atomic mass is 16.6. The molecule has 0 spiro atoms. The molecule has 106 valence electrons. The molecule has 0 aliphatic heterocycles. The lowest BCUT2D eigenvalue weighted by Crippen LogP contribution is -2.26. The lowest BCUT2D eigenvalue weighted by Gasteiger charge is -2.15. The molecule has 9 nitrogen and oxygen atoms in total. The minimum absolute atomic E-state index is 0.0532. The average molecular weight is 278 g/mol. The van der Waals surface area contributed by atoms with Crippen molar-refractivity contribution in [3.8, 4) is 0 Å². The van der Waals surface area contributed by atoms with Crippen LogP contribution in [0.5, 0.6) is 0 Å². The Morgan fingerprint density at radius 2 is 2.40 bits per heavy atom. The van der Waals surface area contributed by atoms with Gasteiger partial charge in [0.15, 0.2) is 0 Å². The standard InChI is InChI=1S/C11H14N6O3/c1-15(6-9-4-13-14-5-9)11(18)2-3-16-7-10(12-8-16)17(19)20/h4-5,7-8H,2-3,6H2,1H3,(H,13,14). The molecule has 2 aromatic heterocycles. The van der Waals surface area contributed by atoms with Crippen LogP contribution in [0.25, 0.3) is 0 Å². The Morgan fingerprint density at radius 3 is 3.00 bits per heavy atom. The molecule has 0 aromatic carbocycles. The first-order valence-corrected chi connectivity index (χ1v) is 5.94. The summed E-state index contributed by atoms with van der Waals surface area (Å²) in [5.74, 6) is -0.272. The predicted molar refractivity (Wildman–Crippen MR) is 68.6 cm³/mol. The third-order valence-corrected chi connectivity index (χ3v) is 2.79. The van der Waals surface area contributed by atoms with Crippen molar-refractivity contribution >= 4 is 11.7 Å². The average Bonchev–Trinajstić information content (AvgIpc) is 3.06. The monoisotopic (exact) mass is 278 g/mol. The smallest absolute Gasteiger partial charge is 0.358 e. The second-order valence-corrected chi connectivity index (χ2v) is 4.33. The van der Waals surface area contributed by atoms with Crippen molar-refractivity contribution in [2.24, 2.45) is 0 Å². The number of amides is 1. The maximum atomic E-state index is 11.9. The SMILES string of the molecule is CN(Cc1cn[nH]c1)C(=O)CCn1cnc([N+](=O)[O-])c1. The van der Waals surface area contributed by atoms with Crippen LogP contribution in [0.2, 0.25) is 0 Å². The normalized spacial score (nSPS) is 10.4. The molecular weight excluding hydrogens is 264 g/mol. The fourth-order valence-electron chi connectivity index (χ4n) is 1.71. The van der Waals surface area contributed by atoms with Crippen LogP contribution in [0, 0.1) is 10.1 Å². The number of aryl methyl sites for hydroxylation is 1. The molecule has 2 heterocycles. The van der Waals surface area contributed by atoms with Crippen LogP contribution in [-0.4, -0.2) is 42.5 Å². The Labute approximate surface area is 114 Å². The molecule has 2 aromatic rings. The first-order chi connectivity index (χ1) is 9.56. The van der Waals surface area contributed by atoms with E-state index < -0.39 is 4.92 Å². The van der Waals surface area contributed by atoms with Gasteiger partial charge in [-0.25, -0.2) is 0 Å². The van der Waals surface area contributed by atoms with Gasteiger partial charge in [0, 0.05) is 38.3 Å². The van der Waals surface area contributed by atoms with Crippen LogP contribution in [0.1, 0.15) is 12.0 Å². The molecule has 1 amide bonds. The van der Waals surface area contributed by atoms with E-state index in [9.17, 15) is 14.9 Å². The first-order valence-electron chi connectivity index (χ1n) is 5.94. The molecule has 0 saturated carbocycles. The van der Waals surface area contributed by atoms with Crippen molar-refractivity contribution < 1.29 is 9.72 Å². The number of nitrogens with zero attached hydrogens (tertiary/aromatic N) is 5. The van der Waals surface area contributed by atoms with Gasteiger partial charge in [0.25, 0.3) is 0 Å². The summed E-state index contributed by atoms with van der Waals surface area (Å²) in [4.78, 5) is 27.0. The zero-order chi connectivity index (χ0) is 14.5. The van der Waals surface area contributed by atoms with E-state index in [-0.39, 0.29) is 18.1 Å². The number of aromatic amines is 1. The highest BCUT2D eigenvalue weighted by Crippen LogP contribution is 2.07. The van der Waals surface area contributed by atoms with E-state index in [2.05, 4.69) is 15.2 Å². The second kappa shape index (κ2) is 5.95. The summed E-state index contributed by atoms with van der Waals surface area (Å²) in [6.07, 6.45) is 6.29. The highest BCUT2D eigenvalue weighted by Gasteiger charge is 2.13. The quantitative estimate of drug-likeness (QED) is 0.613. The molecule has 0 radical (unpaired) electrons. The summed E-state index contributed by atoms with van der Waals surface area (Å²) < 4.78 is 1.53. The molecule has 9 heteroatoms. The van der Waals surface area contributed by atoms with E-state index in [1.54, 1.807) is 24.3 Å². The Morgan fingerprint density at radius 1 is 1.60 bits per heavy atom. The number of nitrogens with one attached hydrogen (secondary N) is 1. The summed E-state index contributed by atoms with van der Waals surface area (Å²) in [7, 11) is 1.70. The Hall–Kier alpha value is -2.71. The number of rotatable bonds is 6. The van der Waals surface area contributed by atoms with Gasteiger partial charge in [-0.1, -0.05) is 0 Å². The maximum Gasteiger partial charge on any atom is 0.381 e. The second-order valence-electron chi connectivity index (χ2n) is 4.33. The number of nitro groups is 1. The van der Waals surface area contributed by atoms with Crippen LogP contribution in [-0.2, 0) is 17.9 Å². The molecule has 0 atom stereocenters. The van der Waals surface area contributed by atoms with Gasteiger partial charge in [0.1, 0.15) is 6.20 Å². The predicted octanol–water partition coefficient (Wildman–Crippen LogP) is 0.563. The fraction of sp³-hybridized carbons (Fsp3) is 0.364. The number of hydrogen-bond acceptors (Lipinski definition) is 5. The molecule has 0 aliphatic carbocycles. The molecule has 0 aliphatic rings. The zero-order valence-corrected chi connectivity index (χ0v) is 10.9. The molecular formula is C11H14N6O3. The summed E-state index contributed by atoms with van der Waals surface area (Å²) >= 11 is 0. The Balaban J connectivity index is 1.83. The number of hydrogen-bond donors (Lipinski definition) is 1. The molecule has 0 bridgehead atoms. The van der Waals surface area contributed by atoms with Crippen LogP contribution in [0.15, 0.2) is 24.9 Å². The van der Waals surface area contributed by atoms with E-state index in [1.807, 2.05) is 0 Å². The third kappa shape index (κ3) is 3.40. The number of H-pyrrole nitrogens is 1. The summed E-state index contributed by atoms with van der Waals surface area (Å²) in [5.41, 5.74) is 0.916. The van der Waals surface area contributed by atoms with Gasteiger partial charge >= 0.3 is 5.82 Å². The Kier molecular flexibility index (Phi) is 4.08.